The van der Waals surface area contributed by atoms with E-state index in [0.717, 1.165) is 10.2 Å². The van der Waals surface area contributed by atoms with Gasteiger partial charge in [0.05, 0.1) is 10.6 Å². The van der Waals surface area contributed by atoms with Crippen molar-refractivity contribution in [2.24, 2.45) is 0 Å². The number of anilines is 1. The lowest BCUT2D eigenvalue weighted by molar-refractivity contribution is 0.102. The molecule has 0 unspecified atom stereocenters. The summed E-state index contributed by atoms with van der Waals surface area (Å²) >= 11 is 9.40. The number of aromatic nitrogens is 4. The highest BCUT2D eigenvalue weighted by molar-refractivity contribution is 9.10. The van der Waals surface area contributed by atoms with Crippen LogP contribution in [0.5, 0.6) is 0 Å². The monoisotopic (exact) mass is 377 g/mol. The second kappa shape index (κ2) is 6.25. The summed E-state index contributed by atoms with van der Waals surface area (Å²) in [4.78, 5) is 16.5. The van der Waals surface area contributed by atoms with Crippen molar-refractivity contribution >= 4 is 39.3 Å². The molecule has 22 heavy (non-hydrogen) atoms. The van der Waals surface area contributed by atoms with Gasteiger partial charge in [-0.25, -0.2) is 4.98 Å². The summed E-state index contributed by atoms with van der Waals surface area (Å²) in [5.41, 5.74) is 1.08. The van der Waals surface area contributed by atoms with Crippen molar-refractivity contribution in [1.82, 2.24) is 19.7 Å². The number of pyridine rings is 1. The molecule has 0 aliphatic rings. The minimum Gasteiger partial charge on any atom is -0.307 e. The van der Waals surface area contributed by atoms with E-state index in [4.69, 9.17) is 11.6 Å². The summed E-state index contributed by atoms with van der Waals surface area (Å²) in [7, 11) is 0. The van der Waals surface area contributed by atoms with Crippen LogP contribution in [0.4, 0.5) is 5.82 Å². The number of amides is 1. The second-order valence-corrected chi connectivity index (χ2v) is 5.67. The van der Waals surface area contributed by atoms with E-state index in [0.29, 0.717) is 16.4 Å². The van der Waals surface area contributed by atoms with Crippen molar-refractivity contribution < 1.29 is 4.79 Å². The first-order chi connectivity index (χ1) is 10.6. The molecule has 2 heterocycles. The van der Waals surface area contributed by atoms with E-state index < -0.39 is 0 Å². The van der Waals surface area contributed by atoms with E-state index in [2.05, 4.69) is 36.4 Å². The van der Waals surface area contributed by atoms with Gasteiger partial charge in [0.2, 0.25) is 0 Å². The van der Waals surface area contributed by atoms with Crippen molar-refractivity contribution in [3.63, 3.8) is 0 Å². The van der Waals surface area contributed by atoms with Crippen LogP contribution in [0.15, 0.2) is 53.7 Å². The van der Waals surface area contributed by atoms with Gasteiger partial charge in [-0.2, -0.15) is 0 Å². The van der Waals surface area contributed by atoms with Gasteiger partial charge < -0.3 is 5.32 Å². The third kappa shape index (κ3) is 3.15. The minimum atomic E-state index is -0.338. The lowest BCUT2D eigenvalue weighted by Crippen LogP contribution is -2.14. The summed E-state index contributed by atoms with van der Waals surface area (Å²) < 4.78 is 2.52. The molecule has 0 fully saturated rings. The Morgan fingerprint density at radius 2 is 1.95 bits per heavy atom. The first kappa shape index (κ1) is 14.7. The number of hydrogen-bond acceptors (Lipinski definition) is 4. The van der Waals surface area contributed by atoms with Crippen LogP contribution in [-0.4, -0.2) is 25.7 Å². The molecule has 8 heteroatoms. The number of rotatable bonds is 3. The summed E-state index contributed by atoms with van der Waals surface area (Å²) in [5.74, 6) is 0.105. The zero-order valence-corrected chi connectivity index (χ0v) is 13.4. The first-order valence-electron chi connectivity index (χ1n) is 6.21. The maximum absolute atomic E-state index is 12.4. The molecule has 110 valence electrons. The van der Waals surface area contributed by atoms with Gasteiger partial charge in [0.25, 0.3) is 5.91 Å². The number of carbonyl (C=O) groups excluding carboxylic acids is 1. The summed E-state index contributed by atoms with van der Waals surface area (Å²) in [6.07, 6.45) is 4.69. The third-order valence-corrected chi connectivity index (χ3v) is 3.68. The highest BCUT2D eigenvalue weighted by Gasteiger charge is 2.13. The largest absolute Gasteiger partial charge is 0.307 e. The maximum atomic E-state index is 12.4. The van der Waals surface area contributed by atoms with Crippen LogP contribution in [0.3, 0.4) is 0 Å². The summed E-state index contributed by atoms with van der Waals surface area (Å²) in [6, 6.07) is 8.58. The van der Waals surface area contributed by atoms with Gasteiger partial charge in [-0.15, -0.1) is 10.2 Å². The molecule has 1 aromatic carbocycles. The van der Waals surface area contributed by atoms with Gasteiger partial charge in [-0.05, 0) is 46.3 Å². The fraction of sp³-hybridized carbons (Fsp3) is 0. The van der Waals surface area contributed by atoms with Gasteiger partial charge in [-0.3, -0.25) is 9.36 Å². The zero-order chi connectivity index (χ0) is 15.5. The number of nitrogens with zero attached hydrogens (tertiary/aromatic N) is 4. The second-order valence-electron chi connectivity index (χ2n) is 4.35. The van der Waals surface area contributed by atoms with Crippen LogP contribution < -0.4 is 5.32 Å². The predicted molar refractivity (Wildman–Crippen MR) is 86.3 cm³/mol. The standard InChI is InChI=1S/C14H9BrClN5O/c15-9-1-4-13(17-6-9)20-14(22)11-5-10(2-3-12(11)16)21-7-18-19-8-21/h1-8H,(H,17,20,22). The van der Waals surface area contributed by atoms with Crippen LogP contribution in [0.25, 0.3) is 5.69 Å². The molecule has 0 atom stereocenters. The summed E-state index contributed by atoms with van der Waals surface area (Å²) in [6.45, 7) is 0. The predicted octanol–water partition coefficient (Wildman–Crippen LogP) is 3.33. The minimum absolute atomic E-state index is 0.338. The van der Waals surface area contributed by atoms with Gasteiger partial charge in [0.15, 0.2) is 0 Å². The Bertz CT molecular complexity index is 805. The summed E-state index contributed by atoms with van der Waals surface area (Å²) in [5, 5.41) is 10.5. The number of carbonyl (C=O) groups is 1. The molecule has 2 aromatic heterocycles. The fourth-order valence-corrected chi connectivity index (χ4v) is 2.25. The number of halogens is 2. The van der Waals surface area contributed by atoms with Crippen LogP contribution in [0.1, 0.15) is 10.4 Å². The Hall–Kier alpha value is -2.25. The molecule has 0 bridgehead atoms. The zero-order valence-electron chi connectivity index (χ0n) is 11.1. The molecule has 0 aliphatic heterocycles. The Morgan fingerprint density at radius 3 is 2.64 bits per heavy atom. The smallest absolute Gasteiger partial charge is 0.258 e. The van der Waals surface area contributed by atoms with E-state index in [1.165, 1.54) is 0 Å². The SMILES string of the molecule is O=C(Nc1ccc(Br)cn1)c1cc(-n2cnnc2)ccc1Cl. The molecule has 3 rings (SSSR count). The molecule has 0 radical (unpaired) electrons. The number of hydrogen-bond donors (Lipinski definition) is 1. The normalized spacial score (nSPS) is 10.5. The molecule has 1 amide bonds. The van der Waals surface area contributed by atoms with Crippen molar-refractivity contribution in [2.45, 2.75) is 0 Å². The van der Waals surface area contributed by atoms with Crippen LogP contribution in [-0.2, 0) is 0 Å². The Kier molecular flexibility index (Phi) is 4.17. The third-order valence-electron chi connectivity index (χ3n) is 2.88. The van der Waals surface area contributed by atoms with E-state index >= 15 is 0 Å². The van der Waals surface area contributed by atoms with Gasteiger partial charge in [-0.1, -0.05) is 11.6 Å². The molecular weight excluding hydrogens is 370 g/mol. The topological polar surface area (TPSA) is 72.7 Å². The average molecular weight is 379 g/mol. The van der Waals surface area contributed by atoms with E-state index in [-0.39, 0.29) is 5.91 Å². The van der Waals surface area contributed by atoms with Crippen molar-refractivity contribution in [2.75, 3.05) is 5.32 Å². The lowest BCUT2D eigenvalue weighted by Gasteiger charge is -2.08. The Morgan fingerprint density at radius 1 is 1.18 bits per heavy atom. The first-order valence-corrected chi connectivity index (χ1v) is 7.38. The quantitative estimate of drug-likeness (QED) is 0.759. The Balaban J connectivity index is 1.88. The van der Waals surface area contributed by atoms with Crippen molar-refractivity contribution in [3.05, 3.63) is 64.2 Å². The molecular formula is C14H9BrClN5O. The lowest BCUT2D eigenvalue weighted by atomic mass is 10.2. The number of nitrogens with one attached hydrogen (secondary N) is 1. The molecule has 0 saturated heterocycles. The highest BCUT2D eigenvalue weighted by atomic mass is 79.9. The van der Waals surface area contributed by atoms with E-state index in [1.807, 2.05) is 0 Å². The van der Waals surface area contributed by atoms with Crippen LogP contribution in [0, 0.1) is 0 Å². The molecule has 0 aliphatic carbocycles. The van der Waals surface area contributed by atoms with Gasteiger partial charge >= 0.3 is 0 Å². The van der Waals surface area contributed by atoms with Crippen LogP contribution >= 0.6 is 27.5 Å². The molecule has 0 saturated carbocycles. The Labute approximate surface area is 139 Å². The molecule has 1 N–H and O–H groups in total. The maximum Gasteiger partial charge on any atom is 0.258 e. The van der Waals surface area contributed by atoms with Crippen LogP contribution in [0.2, 0.25) is 5.02 Å². The van der Waals surface area contributed by atoms with E-state index in [9.17, 15) is 4.79 Å². The molecule has 6 nitrogen and oxygen atoms in total. The molecule has 3 aromatic rings. The number of benzene rings is 1. The van der Waals surface area contributed by atoms with Crippen molar-refractivity contribution in [3.8, 4) is 5.69 Å². The average Bonchev–Trinajstić information content (AvgIpc) is 3.04. The molecule has 0 spiro atoms. The van der Waals surface area contributed by atoms with Crippen molar-refractivity contribution in [1.29, 1.82) is 0 Å². The highest BCUT2D eigenvalue weighted by Crippen LogP contribution is 2.21. The van der Waals surface area contributed by atoms with Gasteiger partial charge in [0.1, 0.15) is 18.5 Å². The fourth-order valence-electron chi connectivity index (χ4n) is 1.82. The van der Waals surface area contributed by atoms with Gasteiger partial charge in [0, 0.05) is 16.4 Å². The van der Waals surface area contributed by atoms with E-state index in [1.54, 1.807) is 53.8 Å².